The van der Waals surface area contributed by atoms with Crippen molar-refractivity contribution in [3.05, 3.63) is 29.3 Å². The minimum atomic E-state index is -1.45. The molecule has 4 nitrogen and oxygen atoms in total. The van der Waals surface area contributed by atoms with Crippen LogP contribution < -0.4 is 4.74 Å². The largest absolute Gasteiger partial charge is 0.497 e. The fraction of sp³-hybridized carbons (Fsp3) is 0.273. The third kappa shape index (κ3) is 2.56. The van der Waals surface area contributed by atoms with Gasteiger partial charge in [-0.05, 0) is 30.2 Å². The maximum Gasteiger partial charge on any atom is 0.377 e. The number of Topliss-reactive ketones (excluding diaryl/α,β-unsaturated/α-hetero) is 1. The number of aliphatic carboxylic acids is 1. The molecule has 0 atom stereocenters. The number of carboxylic acid groups (broad SMARTS) is 1. The Hall–Kier alpha value is -1.84. The van der Waals surface area contributed by atoms with E-state index in [1.165, 1.54) is 13.2 Å². The molecule has 0 aromatic heterocycles. The first-order valence-electron chi connectivity index (χ1n) is 4.54. The van der Waals surface area contributed by atoms with E-state index in [-0.39, 0.29) is 5.56 Å². The summed E-state index contributed by atoms with van der Waals surface area (Å²) < 4.78 is 4.98. The van der Waals surface area contributed by atoms with Gasteiger partial charge in [-0.3, -0.25) is 4.79 Å². The van der Waals surface area contributed by atoms with Crippen molar-refractivity contribution in [1.29, 1.82) is 0 Å². The van der Waals surface area contributed by atoms with Crippen molar-refractivity contribution in [2.45, 2.75) is 13.3 Å². The van der Waals surface area contributed by atoms with Gasteiger partial charge < -0.3 is 9.84 Å². The monoisotopic (exact) mass is 208 g/mol. The number of benzene rings is 1. The molecule has 0 saturated heterocycles. The fourth-order valence-electron chi connectivity index (χ4n) is 1.24. The summed E-state index contributed by atoms with van der Waals surface area (Å²) in [6, 6.07) is 4.77. The summed E-state index contributed by atoms with van der Waals surface area (Å²) in [6.07, 6.45) is 0.719. The first-order valence-corrected chi connectivity index (χ1v) is 4.54. The Balaban J connectivity index is 3.17. The number of ether oxygens (including phenoxy) is 1. The molecule has 0 aliphatic rings. The zero-order chi connectivity index (χ0) is 11.4. The van der Waals surface area contributed by atoms with Crippen LogP contribution in [0.3, 0.4) is 0 Å². The average molecular weight is 208 g/mol. The third-order valence-corrected chi connectivity index (χ3v) is 2.07. The standard InChI is InChI=1S/C11H12O4/c1-3-7-4-8(10(12)11(13)14)6-9(5-7)15-2/h4-6H,3H2,1-2H3,(H,13,14). The van der Waals surface area contributed by atoms with Crippen LogP contribution in [0.5, 0.6) is 5.75 Å². The lowest BCUT2D eigenvalue weighted by atomic mass is 10.1. The van der Waals surface area contributed by atoms with E-state index in [0.717, 1.165) is 12.0 Å². The third-order valence-electron chi connectivity index (χ3n) is 2.07. The van der Waals surface area contributed by atoms with Crippen LogP contribution in [0.2, 0.25) is 0 Å². The second-order valence-corrected chi connectivity index (χ2v) is 3.06. The van der Waals surface area contributed by atoms with Crippen molar-refractivity contribution in [3.8, 4) is 5.75 Å². The van der Waals surface area contributed by atoms with E-state index in [1.54, 1.807) is 12.1 Å². The highest BCUT2D eigenvalue weighted by Gasteiger charge is 2.15. The van der Waals surface area contributed by atoms with Crippen LogP contribution in [0.15, 0.2) is 18.2 Å². The lowest BCUT2D eigenvalue weighted by Crippen LogP contribution is -2.13. The van der Waals surface area contributed by atoms with Crippen LogP contribution in [0, 0.1) is 0 Å². The van der Waals surface area contributed by atoms with Gasteiger partial charge in [-0.15, -0.1) is 0 Å². The topological polar surface area (TPSA) is 63.6 Å². The molecule has 0 spiro atoms. The summed E-state index contributed by atoms with van der Waals surface area (Å²) in [7, 11) is 1.48. The number of hydrogen-bond acceptors (Lipinski definition) is 3. The van der Waals surface area contributed by atoms with Gasteiger partial charge in [0.15, 0.2) is 0 Å². The second kappa shape index (κ2) is 4.59. The highest BCUT2D eigenvalue weighted by Crippen LogP contribution is 2.17. The molecule has 0 heterocycles. The second-order valence-electron chi connectivity index (χ2n) is 3.06. The van der Waals surface area contributed by atoms with Gasteiger partial charge in [0, 0.05) is 5.56 Å². The Morgan fingerprint density at radius 1 is 1.33 bits per heavy atom. The Kier molecular flexibility index (Phi) is 3.44. The lowest BCUT2D eigenvalue weighted by molar-refractivity contribution is -0.131. The maximum absolute atomic E-state index is 11.2. The molecule has 1 aromatic carbocycles. The van der Waals surface area contributed by atoms with Crippen LogP contribution in [-0.2, 0) is 11.2 Å². The van der Waals surface area contributed by atoms with Gasteiger partial charge in [-0.2, -0.15) is 0 Å². The lowest BCUT2D eigenvalue weighted by Gasteiger charge is -2.05. The minimum absolute atomic E-state index is 0.152. The SMILES string of the molecule is CCc1cc(OC)cc(C(=O)C(=O)O)c1. The number of rotatable bonds is 4. The predicted molar refractivity (Wildman–Crippen MR) is 54.3 cm³/mol. The van der Waals surface area contributed by atoms with Crippen molar-refractivity contribution < 1.29 is 19.4 Å². The van der Waals surface area contributed by atoms with E-state index in [2.05, 4.69) is 0 Å². The highest BCUT2D eigenvalue weighted by molar-refractivity contribution is 6.39. The van der Waals surface area contributed by atoms with Gasteiger partial charge in [0.2, 0.25) is 0 Å². The molecule has 4 heteroatoms. The van der Waals surface area contributed by atoms with Crippen LogP contribution in [0.25, 0.3) is 0 Å². The zero-order valence-electron chi connectivity index (χ0n) is 8.61. The van der Waals surface area contributed by atoms with Gasteiger partial charge >= 0.3 is 5.97 Å². The molecule has 80 valence electrons. The summed E-state index contributed by atoms with van der Waals surface area (Å²) >= 11 is 0. The summed E-state index contributed by atoms with van der Waals surface area (Å²) in [6.45, 7) is 1.92. The summed E-state index contributed by atoms with van der Waals surface area (Å²) in [5, 5.41) is 8.57. The van der Waals surface area contributed by atoms with Crippen LogP contribution in [0.4, 0.5) is 0 Å². The van der Waals surface area contributed by atoms with Crippen LogP contribution in [-0.4, -0.2) is 24.0 Å². The first kappa shape index (κ1) is 11.2. The van der Waals surface area contributed by atoms with E-state index in [9.17, 15) is 9.59 Å². The molecule has 0 unspecified atom stereocenters. The van der Waals surface area contributed by atoms with E-state index in [1.807, 2.05) is 6.92 Å². The van der Waals surface area contributed by atoms with Gasteiger partial charge in [0.25, 0.3) is 5.78 Å². The average Bonchev–Trinajstić information content (AvgIpc) is 2.27. The molecule has 1 N–H and O–H groups in total. The van der Waals surface area contributed by atoms with Crippen molar-refractivity contribution in [2.75, 3.05) is 7.11 Å². The molecule has 0 saturated carbocycles. The van der Waals surface area contributed by atoms with Crippen LogP contribution >= 0.6 is 0 Å². The van der Waals surface area contributed by atoms with E-state index in [0.29, 0.717) is 5.75 Å². The van der Waals surface area contributed by atoms with Gasteiger partial charge in [-0.1, -0.05) is 6.92 Å². The molecule has 1 aromatic rings. The Morgan fingerprint density at radius 2 is 2.00 bits per heavy atom. The quantitative estimate of drug-likeness (QED) is 0.602. The zero-order valence-corrected chi connectivity index (χ0v) is 8.61. The van der Waals surface area contributed by atoms with Crippen LogP contribution in [0.1, 0.15) is 22.8 Å². The highest BCUT2D eigenvalue weighted by atomic mass is 16.5. The molecular weight excluding hydrogens is 196 g/mol. The Bertz CT molecular complexity index is 373. The van der Waals surface area contributed by atoms with Crippen molar-refractivity contribution in [1.82, 2.24) is 0 Å². The molecule has 0 aliphatic carbocycles. The Labute approximate surface area is 87.5 Å². The molecule has 15 heavy (non-hydrogen) atoms. The number of methoxy groups -OCH3 is 1. The summed E-state index contributed by atoms with van der Waals surface area (Å²) in [5.74, 6) is -1.87. The molecule has 0 bridgehead atoms. The number of carboxylic acids is 1. The van der Waals surface area contributed by atoms with Crippen molar-refractivity contribution in [3.63, 3.8) is 0 Å². The molecule has 0 amide bonds. The van der Waals surface area contributed by atoms with E-state index in [4.69, 9.17) is 9.84 Å². The van der Waals surface area contributed by atoms with Crippen molar-refractivity contribution in [2.24, 2.45) is 0 Å². The normalized spacial score (nSPS) is 9.73. The van der Waals surface area contributed by atoms with Gasteiger partial charge in [-0.25, -0.2) is 4.79 Å². The molecule has 1 rings (SSSR count). The van der Waals surface area contributed by atoms with Crippen molar-refractivity contribution >= 4 is 11.8 Å². The number of hydrogen-bond donors (Lipinski definition) is 1. The molecule has 0 fully saturated rings. The summed E-state index contributed by atoms with van der Waals surface area (Å²) in [4.78, 5) is 21.7. The number of carbonyl (C=O) groups excluding carboxylic acids is 1. The molecule has 0 radical (unpaired) electrons. The summed E-state index contributed by atoms with van der Waals surface area (Å²) in [5.41, 5.74) is 1.03. The Morgan fingerprint density at radius 3 is 2.47 bits per heavy atom. The number of ketones is 1. The first-order chi connectivity index (χ1) is 7.08. The predicted octanol–water partition coefficient (Wildman–Crippen LogP) is 1.52. The van der Waals surface area contributed by atoms with Gasteiger partial charge in [0.1, 0.15) is 5.75 Å². The molecule has 0 aliphatic heterocycles. The van der Waals surface area contributed by atoms with E-state index >= 15 is 0 Å². The number of aryl methyl sites for hydroxylation is 1. The smallest absolute Gasteiger partial charge is 0.377 e. The fourth-order valence-corrected chi connectivity index (χ4v) is 1.24. The van der Waals surface area contributed by atoms with Gasteiger partial charge in [0.05, 0.1) is 7.11 Å². The van der Waals surface area contributed by atoms with E-state index < -0.39 is 11.8 Å². The maximum atomic E-state index is 11.2. The number of carbonyl (C=O) groups is 2. The minimum Gasteiger partial charge on any atom is -0.497 e. The molecular formula is C11H12O4.